The van der Waals surface area contributed by atoms with Gasteiger partial charge < -0.3 is 9.47 Å². The molecule has 0 aromatic rings. The smallest absolute Gasteiger partial charge is 0.310 e. The third-order valence-electron chi connectivity index (χ3n) is 5.25. The Morgan fingerprint density at radius 3 is 2.33 bits per heavy atom. The minimum absolute atomic E-state index is 0.115. The van der Waals surface area contributed by atoms with Crippen molar-refractivity contribution < 1.29 is 19.1 Å². The molecule has 4 heteroatoms. The maximum absolute atomic E-state index is 12.0. The van der Waals surface area contributed by atoms with E-state index in [-0.39, 0.29) is 41.0 Å². The van der Waals surface area contributed by atoms with E-state index < -0.39 is 0 Å². The quantitative estimate of drug-likeness (QED) is 0.549. The third kappa shape index (κ3) is 1.26. The Bertz CT molecular complexity index is 441. The maximum atomic E-state index is 12.0. The number of fused-ring (bicyclic) bond motifs is 1. The fourth-order valence-electron chi connectivity index (χ4n) is 4.21. The zero-order valence-corrected chi connectivity index (χ0v) is 10.9. The second-order valence-corrected chi connectivity index (χ2v) is 5.90. The normalized spacial score (nSPS) is 47.4. The van der Waals surface area contributed by atoms with Crippen LogP contribution in [0.4, 0.5) is 0 Å². The first kappa shape index (κ1) is 11.8. The molecule has 0 radical (unpaired) electrons. The van der Waals surface area contributed by atoms with Crippen LogP contribution in [0.2, 0.25) is 0 Å². The minimum Gasteiger partial charge on any atom is -0.469 e. The van der Waals surface area contributed by atoms with Crippen molar-refractivity contribution in [3.05, 3.63) is 12.2 Å². The Morgan fingerprint density at radius 2 is 1.72 bits per heavy atom. The van der Waals surface area contributed by atoms with Gasteiger partial charge in [-0.1, -0.05) is 19.1 Å². The number of hydrogen-bond acceptors (Lipinski definition) is 4. The average molecular weight is 250 g/mol. The van der Waals surface area contributed by atoms with Gasteiger partial charge in [-0.2, -0.15) is 0 Å². The first-order valence-corrected chi connectivity index (χ1v) is 6.38. The summed E-state index contributed by atoms with van der Waals surface area (Å²) in [6.45, 7) is 2.21. The first-order chi connectivity index (χ1) is 8.54. The van der Waals surface area contributed by atoms with Crippen LogP contribution in [0, 0.1) is 35.0 Å². The van der Waals surface area contributed by atoms with Crippen LogP contribution in [0.15, 0.2) is 12.2 Å². The lowest BCUT2D eigenvalue weighted by Gasteiger charge is -2.45. The maximum Gasteiger partial charge on any atom is 0.310 e. The molecule has 2 bridgehead atoms. The van der Waals surface area contributed by atoms with Crippen LogP contribution in [0.3, 0.4) is 0 Å². The molecule has 4 rings (SSSR count). The lowest BCUT2D eigenvalue weighted by atomic mass is 9.58. The Morgan fingerprint density at radius 1 is 1.11 bits per heavy atom. The molecule has 0 aromatic heterocycles. The third-order valence-corrected chi connectivity index (χ3v) is 5.25. The second-order valence-electron chi connectivity index (χ2n) is 5.90. The van der Waals surface area contributed by atoms with E-state index in [2.05, 4.69) is 19.1 Å². The zero-order valence-electron chi connectivity index (χ0n) is 10.9. The fourth-order valence-corrected chi connectivity index (χ4v) is 4.21. The van der Waals surface area contributed by atoms with Gasteiger partial charge >= 0.3 is 11.9 Å². The van der Waals surface area contributed by atoms with E-state index in [4.69, 9.17) is 9.47 Å². The Labute approximate surface area is 106 Å². The monoisotopic (exact) mass is 250 g/mol. The number of hydrogen-bond donors (Lipinski definition) is 0. The largest absolute Gasteiger partial charge is 0.469 e. The molecule has 6 atom stereocenters. The summed E-state index contributed by atoms with van der Waals surface area (Å²) in [4.78, 5) is 24.0. The van der Waals surface area contributed by atoms with Crippen molar-refractivity contribution in [2.45, 2.75) is 13.3 Å². The molecule has 0 heterocycles. The van der Waals surface area contributed by atoms with Gasteiger partial charge in [-0.15, -0.1) is 0 Å². The Hall–Kier alpha value is -1.32. The summed E-state index contributed by atoms with van der Waals surface area (Å²) in [6, 6.07) is 0. The number of rotatable bonds is 2. The number of allylic oxidation sites excluding steroid dienone is 2. The molecule has 4 aliphatic rings. The van der Waals surface area contributed by atoms with E-state index in [1.807, 2.05) is 0 Å². The lowest BCUT2D eigenvalue weighted by Crippen LogP contribution is -2.49. The van der Waals surface area contributed by atoms with Gasteiger partial charge in [0.2, 0.25) is 0 Å². The predicted octanol–water partition coefficient (Wildman–Crippen LogP) is 1.41. The van der Waals surface area contributed by atoms with Crippen molar-refractivity contribution in [2.24, 2.45) is 35.0 Å². The van der Waals surface area contributed by atoms with Crippen LogP contribution in [0.25, 0.3) is 0 Å². The van der Waals surface area contributed by atoms with Crippen LogP contribution in [0.5, 0.6) is 0 Å². The number of ether oxygens (including phenoxy) is 2. The van der Waals surface area contributed by atoms with Gasteiger partial charge in [0.15, 0.2) is 0 Å². The second kappa shape index (κ2) is 3.59. The molecule has 2 saturated carbocycles. The zero-order chi connectivity index (χ0) is 13.1. The molecule has 2 fully saturated rings. The summed E-state index contributed by atoms with van der Waals surface area (Å²) < 4.78 is 9.78. The van der Waals surface area contributed by atoms with Crippen LogP contribution in [-0.2, 0) is 19.1 Å². The topological polar surface area (TPSA) is 52.6 Å². The molecule has 0 spiro atoms. The summed E-state index contributed by atoms with van der Waals surface area (Å²) in [5, 5.41) is 0. The predicted molar refractivity (Wildman–Crippen MR) is 63.3 cm³/mol. The SMILES string of the molecule is COC(=O)[C@@H]1[C@H]2C=C[C@@H]([C@@H]1C(=O)OC)[C@]1(C)C[C@@H]21. The van der Waals surface area contributed by atoms with Gasteiger partial charge in [0, 0.05) is 0 Å². The highest BCUT2D eigenvalue weighted by molar-refractivity contribution is 5.84. The van der Waals surface area contributed by atoms with Crippen LogP contribution >= 0.6 is 0 Å². The van der Waals surface area contributed by atoms with Crippen molar-refractivity contribution in [2.75, 3.05) is 14.2 Å². The number of carbonyl (C=O) groups is 2. The molecule has 4 nitrogen and oxygen atoms in total. The molecule has 0 unspecified atom stereocenters. The van der Waals surface area contributed by atoms with Crippen molar-refractivity contribution in [3.63, 3.8) is 0 Å². The van der Waals surface area contributed by atoms with E-state index in [1.165, 1.54) is 14.2 Å². The highest BCUT2D eigenvalue weighted by Crippen LogP contribution is 2.71. The molecule has 0 amide bonds. The van der Waals surface area contributed by atoms with Gasteiger partial charge in [0.1, 0.15) is 0 Å². The minimum atomic E-state index is -0.374. The van der Waals surface area contributed by atoms with E-state index in [0.29, 0.717) is 5.92 Å². The van der Waals surface area contributed by atoms with Crippen LogP contribution in [-0.4, -0.2) is 26.2 Å². The molecule has 0 N–H and O–H groups in total. The average Bonchev–Trinajstić information content (AvgIpc) is 3.11. The van der Waals surface area contributed by atoms with E-state index in [9.17, 15) is 9.59 Å². The number of carbonyl (C=O) groups excluding carboxylic acids is 2. The Kier molecular flexibility index (Phi) is 2.34. The fraction of sp³-hybridized carbons (Fsp3) is 0.714. The number of methoxy groups -OCH3 is 2. The van der Waals surface area contributed by atoms with Crippen LogP contribution < -0.4 is 0 Å². The van der Waals surface area contributed by atoms with E-state index in [1.54, 1.807) is 0 Å². The van der Waals surface area contributed by atoms with Gasteiger partial charge in [-0.25, -0.2) is 0 Å². The van der Waals surface area contributed by atoms with Crippen LogP contribution in [0.1, 0.15) is 13.3 Å². The van der Waals surface area contributed by atoms with Crippen molar-refractivity contribution in [1.29, 1.82) is 0 Å². The molecule has 0 saturated heterocycles. The standard InChI is InChI=1S/C14H18O4/c1-14-6-9(14)7-4-5-8(14)11(13(16)18-3)10(7)12(15)17-2/h4-5,7-11H,6H2,1-3H3/t7-,8-,9-,10+,11-,14-/m0/s1. The Balaban J connectivity index is 2.01. The number of esters is 2. The van der Waals surface area contributed by atoms with Gasteiger partial charge in [0.05, 0.1) is 26.1 Å². The van der Waals surface area contributed by atoms with Crippen molar-refractivity contribution in [1.82, 2.24) is 0 Å². The summed E-state index contributed by atoms with van der Waals surface area (Å²) >= 11 is 0. The first-order valence-electron chi connectivity index (χ1n) is 6.38. The molecule has 0 aromatic carbocycles. The molecule has 4 aliphatic carbocycles. The summed E-state index contributed by atoms with van der Waals surface area (Å²) in [6.07, 6.45) is 5.30. The van der Waals surface area contributed by atoms with Crippen molar-refractivity contribution in [3.8, 4) is 0 Å². The lowest BCUT2D eigenvalue weighted by molar-refractivity contribution is -0.166. The van der Waals surface area contributed by atoms with Gasteiger partial charge in [-0.3, -0.25) is 9.59 Å². The van der Waals surface area contributed by atoms with E-state index in [0.717, 1.165) is 6.42 Å². The van der Waals surface area contributed by atoms with E-state index >= 15 is 0 Å². The van der Waals surface area contributed by atoms with Gasteiger partial charge in [-0.05, 0) is 29.6 Å². The summed E-state index contributed by atoms with van der Waals surface area (Å²) in [5.74, 6) is -0.521. The highest BCUT2D eigenvalue weighted by atomic mass is 16.5. The molecule has 98 valence electrons. The molecule has 18 heavy (non-hydrogen) atoms. The summed E-state index contributed by atoms with van der Waals surface area (Å²) in [5.41, 5.74) is 0.183. The summed E-state index contributed by atoms with van der Waals surface area (Å²) in [7, 11) is 2.77. The highest BCUT2D eigenvalue weighted by Gasteiger charge is 2.70. The molecule has 0 aliphatic heterocycles. The van der Waals surface area contributed by atoms with Crippen molar-refractivity contribution >= 4 is 11.9 Å². The molecular weight excluding hydrogens is 232 g/mol. The van der Waals surface area contributed by atoms with Gasteiger partial charge in [0.25, 0.3) is 0 Å². The molecular formula is C14H18O4.